The molecule has 0 atom stereocenters. The molecule has 15 heavy (non-hydrogen) atoms. The number of halogens is 2. The van der Waals surface area contributed by atoms with E-state index in [1.807, 2.05) is 0 Å². The van der Waals surface area contributed by atoms with Gasteiger partial charge in [0.2, 0.25) is 0 Å². The largest absolute Gasteiger partial charge is 0.280 e. The van der Waals surface area contributed by atoms with Gasteiger partial charge in [0, 0.05) is 11.8 Å². The van der Waals surface area contributed by atoms with Gasteiger partial charge in [0.15, 0.2) is 5.65 Å². The van der Waals surface area contributed by atoms with Crippen LogP contribution < -0.4 is 5.56 Å². The van der Waals surface area contributed by atoms with Crippen molar-refractivity contribution in [3.63, 3.8) is 0 Å². The van der Waals surface area contributed by atoms with Crippen LogP contribution in [0.2, 0.25) is 0 Å². The second-order valence-corrected chi connectivity index (χ2v) is 3.02. The fourth-order valence-electron chi connectivity index (χ4n) is 1.29. The average molecular weight is 211 g/mol. The molecule has 0 fully saturated rings. The topological polar surface area (TPSA) is 47.3 Å². The molecule has 2 heterocycles. The van der Waals surface area contributed by atoms with Crippen LogP contribution in [-0.4, -0.2) is 14.6 Å². The predicted octanol–water partition coefficient (Wildman–Crippen LogP) is 1.34. The highest BCUT2D eigenvalue weighted by molar-refractivity contribution is 5.38. The molecule has 2 rings (SSSR count). The summed E-state index contributed by atoms with van der Waals surface area (Å²) >= 11 is 0. The Labute approximate surface area is 83.2 Å². The highest BCUT2D eigenvalue weighted by Crippen LogP contribution is 2.18. The van der Waals surface area contributed by atoms with Crippen LogP contribution in [0.4, 0.5) is 8.78 Å². The second kappa shape index (κ2) is 3.38. The maximum Gasteiger partial charge on any atom is 0.280 e. The van der Waals surface area contributed by atoms with Crippen LogP contribution in [0.3, 0.4) is 0 Å². The quantitative estimate of drug-likeness (QED) is 0.715. The summed E-state index contributed by atoms with van der Waals surface area (Å²) in [7, 11) is 0. The van der Waals surface area contributed by atoms with E-state index in [1.54, 1.807) is 0 Å². The Morgan fingerprint density at radius 3 is 2.87 bits per heavy atom. The molecular formula is C9H7F2N3O. The maximum atomic E-state index is 12.5. The zero-order valence-corrected chi connectivity index (χ0v) is 7.82. The van der Waals surface area contributed by atoms with Crippen molar-refractivity contribution in [2.45, 2.75) is 13.3 Å². The molecule has 0 saturated carbocycles. The van der Waals surface area contributed by atoms with Gasteiger partial charge in [0.1, 0.15) is 5.69 Å². The Balaban J connectivity index is 2.89. The van der Waals surface area contributed by atoms with Gasteiger partial charge in [-0.05, 0) is 19.1 Å². The first-order valence-corrected chi connectivity index (χ1v) is 4.24. The molecule has 78 valence electrons. The number of nitrogens with zero attached hydrogens (tertiary/aromatic N) is 3. The minimum absolute atomic E-state index is 0.0683. The van der Waals surface area contributed by atoms with E-state index in [0.717, 1.165) is 4.52 Å². The number of aromatic nitrogens is 3. The fraction of sp³-hybridized carbons (Fsp3) is 0.222. The van der Waals surface area contributed by atoms with Gasteiger partial charge in [-0.15, -0.1) is 0 Å². The second-order valence-electron chi connectivity index (χ2n) is 3.02. The van der Waals surface area contributed by atoms with Gasteiger partial charge in [-0.3, -0.25) is 4.79 Å². The highest BCUT2D eigenvalue weighted by atomic mass is 19.3. The Bertz CT molecular complexity index is 565. The minimum atomic E-state index is -2.75. The Hall–Kier alpha value is -1.85. The standard InChI is InChI=1S/C9H7F2N3O/c1-5-7(8(10)11)13-6-3-2-4-12-14(6)9(5)15/h2-4,8H,1H3. The van der Waals surface area contributed by atoms with Crippen molar-refractivity contribution in [2.24, 2.45) is 0 Å². The monoisotopic (exact) mass is 211 g/mol. The lowest BCUT2D eigenvalue weighted by Gasteiger charge is -2.05. The maximum absolute atomic E-state index is 12.5. The van der Waals surface area contributed by atoms with E-state index in [2.05, 4.69) is 10.1 Å². The first-order valence-electron chi connectivity index (χ1n) is 4.24. The molecule has 0 amide bonds. The number of hydrogen-bond donors (Lipinski definition) is 0. The Kier molecular flexibility index (Phi) is 2.18. The van der Waals surface area contributed by atoms with E-state index >= 15 is 0 Å². The smallest absolute Gasteiger partial charge is 0.267 e. The third-order valence-corrected chi connectivity index (χ3v) is 2.07. The summed E-state index contributed by atoms with van der Waals surface area (Å²) in [5.41, 5.74) is -0.978. The van der Waals surface area contributed by atoms with Gasteiger partial charge < -0.3 is 0 Å². The first-order chi connectivity index (χ1) is 7.11. The van der Waals surface area contributed by atoms with Crippen LogP contribution in [-0.2, 0) is 0 Å². The van der Waals surface area contributed by atoms with E-state index in [1.165, 1.54) is 25.3 Å². The summed E-state index contributed by atoms with van der Waals surface area (Å²) in [6, 6.07) is 2.99. The third-order valence-electron chi connectivity index (χ3n) is 2.07. The Morgan fingerprint density at radius 2 is 2.20 bits per heavy atom. The average Bonchev–Trinajstić information content (AvgIpc) is 2.23. The van der Waals surface area contributed by atoms with E-state index in [0.29, 0.717) is 0 Å². The Morgan fingerprint density at radius 1 is 1.47 bits per heavy atom. The molecule has 2 aromatic heterocycles. The van der Waals surface area contributed by atoms with Crippen molar-refractivity contribution in [3.05, 3.63) is 39.9 Å². The van der Waals surface area contributed by atoms with E-state index in [9.17, 15) is 13.6 Å². The SMILES string of the molecule is Cc1c(C(F)F)nc2cccnn2c1=O. The zero-order valence-electron chi connectivity index (χ0n) is 7.82. The molecule has 0 aromatic carbocycles. The van der Waals surface area contributed by atoms with Crippen molar-refractivity contribution >= 4 is 5.65 Å². The van der Waals surface area contributed by atoms with Crippen LogP contribution in [0.1, 0.15) is 17.7 Å². The molecular weight excluding hydrogens is 204 g/mol. The normalized spacial score (nSPS) is 11.2. The summed E-state index contributed by atoms with van der Waals surface area (Å²) in [4.78, 5) is 15.3. The molecule has 0 spiro atoms. The third kappa shape index (κ3) is 1.47. The summed E-state index contributed by atoms with van der Waals surface area (Å²) in [6.45, 7) is 1.32. The fourth-order valence-corrected chi connectivity index (χ4v) is 1.29. The summed E-state index contributed by atoms with van der Waals surface area (Å²) in [5, 5.41) is 3.74. The molecule has 0 N–H and O–H groups in total. The van der Waals surface area contributed by atoms with E-state index < -0.39 is 17.7 Å². The van der Waals surface area contributed by atoms with Gasteiger partial charge in [0.05, 0.1) is 0 Å². The van der Waals surface area contributed by atoms with Crippen molar-refractivity contribution in [3.8, 4) is 0 Å². The lowest BCUT2D eigenvalue weighted by atomic mass is 10.2. The molecule has 0 radical (unpaired) electrons. The lowest BCUT2D eigenvalue weighted by Crippen LogP contribution is -2.22. The number of hydrogen-bond acceptors (Lipinski definition) is 3. The molecule has 2 aromatic rings. The van der Waals surface area contributed by atoms with Gasteiger partial charge in [-0.25, -0.2) is 13.8 Å². The first kappa shape index (κ1) is 9.70. The summed E-state index contributed by atoms with van der Waals surface area (Å²) in [6.07, 6.45) is -1.35. The molecule has 0 saturated heterocycles. The summed E-state index contributed by atoms with van der Waals surface area (Å²) in [5.74, 6) is 0. The predicted molar refractivity (Wildman–Crippen MR) is 49.0 cm³/mol. The van der Waals surface area contributed by atoms with Gasteiger partial charge in [-0.1, -0.05) is 0 Å². The van der Waals surface area contributed by atoms with Crippen LogP contribution in [0.25, 0.3) is 5.65 Å². The minimum Gasteiger partial charge on any atom is -0.267 e. The molecule has 6 heteroatoms. The van der Waals surface area contributed by atoms with Crippen molar-refractivity contribution < 1.29 is 8.78 Å². The molecule has 0 unspecified atom stereocenters. The van der Waals surface area contributed by atoms with Crippen molar-refractivity contribution in [1.82, 2.24) is 14.6 Å². The highest BCUT2D eigenvalue weighted by Gasteiger charge is 2.16. The van der Waals surface area contributed by atoms with Crippen molar-refractivity contribution in [2.75, 3.05) is 0 Å². The van der Waals surface area contributed by atoms with Gasteiger partial charge >= 0.3 is 0 Å². The van der Waals surface area contributed by atoms with Crippen LogP contribution in [0, 0.1) is 6.92 Å². The molecule has 0 aliphatic rings. The molecule has 0 bridgehead atoms. The molecule has 4 nitrogen and oxygen atoms in total. The van der Waals surface area contributed by atoms with Gasteiger partial charge in [-0.2, -0.15) is 9.61 Å². The summed E-state index contributed by atoms with van der Waals surface area (Å²) < 4.78 is 26.0. The zero-order chi connectivity index (χ0) is 11.0. The van der Waals surface area contributed by atoms with E-state index in [-0.39, 0.29) is 11.2 Å². The van der Waals surface area contributed by atoms with Crippen molar-refractivity contribution in [1.29, 1.82) is 0 Å². The van der Waals surface area contributed by atoms with Crippen LogP contribution in [0.15, 0.2) is 23.1 Å². The molecule has 0 aliphatic heterocycles. The van der Waals surface area contributed by atoms with Crippen LogP contribution in [0.5, 0.6) is 0 Å². The lowest BCUT2D eigenvalue weighted by molar-refractivity contribution is 0.145. The van der Waals surface area contributed by atoms with Gasteiger partial charge in [0.25, 0.3) is 12.0 Å². The molecule has 0 aliphatic carbocycles. The van der Waals surface area contributed by atoms with E-state index in [4.69, 9.17) is 0 Å². The number of rotatable bonds is 1. The van der Waals surface area contributed by atoms with Crippen LogP contribution >= 0.6 is 0 Å². The number of fused-ring (bicyclic) bond motifs is 1. The number of alkyl halides is 2.